The van der Waals surface area contributed by atoms with Crippen LogP contribution in [0.4, 0.5) is 4.79 Å². The lowest BCUT2D eigenvalue weighted by Gasteiger charge is -2.24. The second-order valence-corrected chi connectivity index (χ2v) is 9.10. The number of nitrogens with one attached hydrogen (secondary N) is 1. The van der Waals surface area contributed by atoms with Gasteiger partial charge < -0.3 is 14.8 Å². The van der Waals surface area contributed by atoms with Crippen LogP contribution in [0.2, 0.25) is 0 Å². The summed E-state index contributed by atoms with van der Waals surface area (Å²) in [6.07, 6.45) is 1.95. The minimum absolute atomic E-state index is 0.0603. The number of esters is 1. The average Bonchev–Trinajstić information content (AvgIpc) is 2.97. The van der Waals surface area contributed by atoms with Gasteiger partial charge in [0.1, 0.15) is 5.60 Å². The molecular formula is C20H29N3O5S. The fourth-order valence-corrected chi connectivity index (χ4v) is 3.83. The highest BCUT2D eigenvalue weighted by atomic mass is 32.2. The van der Waals surface area contributed by atoms with E-state index in [9.17, 15) is 14.4 Å². The number of hydrogen-bond donors (Lipinski definition) is 1. The van der Waals surface area contributed by atoms with Crippen LogP contribution in [0.25, 0.3) is 6.08 Å². The molecule has 160 valence electrons. The van der Waals surface area contributed by atoms with Crippen molar-refractivity contribution in [1.82, 2.24) is 15.1 Å². The van der Waals surface area contributed by atoms with Crippen molar-refractivity contribution >= 4 is 35.0 Å². The lowest BCUT2D eigenvalue weighted by molar-refractivity contribution is -0.142. The Labute approximate surface area is 175 Å². The summed E-state index contributed by atoms with van der Waals surface area (Å²) >= 11 is 1.30. The molecule has 1 unspecified atom stereocenters. The standard InChI is InChI=1S/C20H29N3O5S/c1-6-27-18(25)11-16-10-15(22-23(16)19(26)28-20(3,4)5)9-14-12-21-8-7-17(14)29-13(2)24/h9-10,17,21H,6-8,11-12H2,1-5H3/b14-9+. The van der Waals surface area contributed by atoms with Gasteiger partial charge in [0, 0.05) is 18.7 Å². The molecule has 2 rings (SSSR count). The normalized spacial score (nSPS) is 18.5. The molecule has 1 atom stereocenters. The van der Waals surface area contributed by atoms with E-state index < -0.39 is 17.7 Å². The largest absolute Gasteiger partial charge is 0.466 e. The second-order valence-electron chi connectivity index (χ2n) is 7.72. The molecule has 8 nitrogen and oxygen atoms in total. The first kappa shape index (κ1) is 23.2. The number of aromatic nitrogens is 2. The van der Waals surface area contributed by atoms with Crippen LogP contribution in [-0.2, 0) is 25.5 Å². The minimum Gasteiger partial charge on any atom is -0.466 e. The van der Waals surface area contributed by atoms with Gasteiger partial charge >= 0.3 is 12.1 Å². The Morgan fingerprint density at radius 3 is 2.72 bits per heavy atom. The van der Waals surface area contributed by atoms with Gasteiger partial charge in [-0.3, -0.25) is 9.59 Å². The summed E-state index contributed by atoms with van der Waals surface area (Å²) < 4.78 is 11.5. The van der Waals surface area contributed by atoms with E-state index in [1.807, 2.05) is 6.08 Å². The Morgan fingerprint density at radius 2 is 2.10 bits per heavy atom. The molecule has 1 aromatic rings. The van der Waals surface area contributed by atoms with Crippen LogP contribution in [0.15, 0.2) is 11.6 Å². The van der Waals surface area contributed by atoms with Gasteiger partial charge in [0.05, 0.1) is 24.4 Å². The highest BCUT2D eigenvalue weighted by Gasteiger charge is 2.25. The Bertz CT molecular complexity index is 795. The number of rotatable bonds is 5. The number of carbonyl (C=O) groups excluding carboxylic acids is 3. The van der Waals surface area contributed by atoms with Crippen LogP contribution in [0, 0.1) is 0 Å². The number of carbonyl (C=O) groups is 3. The van der Waals surface area contributed by atoms with Crippen LogP contribution in [0.3, 0.4) is 0 Å². The molecule has 1 fully saturated rings. The lowest BCUT2D eigenvalue weighted by atomic mass is 10.0. The molecule has 1 aliphatic rings. The summed E-state index contributed by atoms with van der Waals surface area (Å²) in [6.45, 7) is 10.3. The summed E-state index contributed by atoms with van der Waals surface area (Å²) in [4.78, 5) is 36.1. The molecule has 1 aliphatic heterocycles. The molecule has 29 heavy (non-hydrogen) atoms. The highest BCUT2D eigenvalue weighted by Crippen LogP contribution is 2.27. The third-order valence-corrected chi connectivity index (χ3v) is 5.12. The molecule has 0 amide bonds. The van der Waals surface area contributed by atoms with Crippen molar-refractivity contribution < 1.29 is 23.9 Å². The van der Waals surface area contributed by atoms with Gasteiger partial charge in [-0.15, -0.1) is 0 Å². The predicted octanol–water partition coefficient (Wildman–Crippen LogP) is 2.80. The van der Waals surface area contributed by atoms with E-state index in [1.54, 1.807) is 40.7 Å². The maximum atomic E-state index is 12.6. The zero-order chi connectivity index (χ0) is 21.6. The Morgan fingerprint density at radius 1 is 1.38 bits per heavy atom. The average molecular weight is 424 g/mol. The van der Waals surface area contributed by atoms with Crippen molar-refractivity contribution in [3.63, 3.8) is 0 Å². The van der Waals surface area contributed by atoms with Crippen molar-refractivity contribution in [1.29, 1.82) is 0 Å². The topological polar surface area (TPSA) is 99.5 Å². The molecule has 0 aliphatic carbocycles. The summed E-state index contributed by atoms with van der Waals surface area (Å²) in [7, 11) is 0. The third-order valence-electron chi connectivity index (χ3n) is 3.97. The van der Waals surface area contributed by atoms with E-state index in [1.165, 1.54) is 11.8 Å². The minimum atomic E-state index is -0.695. The molecule has 9 heteroatoms. The first-order valence-corrected chi connectivity index (χ1v) is 10.5. The highest BCUT2D eigenvalue weighted by molar-refractivity contribution is 8.14. The molecule has 0 aromatic carbocycles. The fraction of sp³-hybridized carbons (Fsp3) is 0.600. The zero-order valence-corrected chi connectivity index (χ0v) is 18.4. The van der Waals surface area contributed by atoms with Crippen LogP contribution in [-0.4, -0.2) is 57.5 Å². The molecule has 1 aromatic heterocycles. The second kappa shape index (κ2) is 10.1. The van der Waals surface area contributed by atoms with Gasteiger partial charge in [0.15, 0.2) is 5.12 Å². The lowest BCUT2D eigenvalue weighted by Crippen LogP contribution is -2.32. The zero-order valence-electron chi connectivity index (χ0n) is 17.6. The van der Waals surface area contributed by atoms with Gasteiger partial charge in [-0.1, -0.05) is 11.8 Å². The van der Waals surface area contributed by atoms with E-state index in [0.29, 0.717) is 17.9 Å². The summed E-state index contributed by atoms with van der Waals surface area (Å²) in [5.41, 5.74) is 1.25. The maximum absolute atomic E-state index is 12.6. The van der Waals surface area contributed by atoms with Crippen molar-refractivity contribution in [2.75, 3.05) is 19.7 Å². The van der Waals surface area contributed by atoms with E-state index in [-0.39, 0.29) is 23.4 Å². The van der Waals surface area contributed by atoms with Crippen LogP contribution >= 0.6 is 11.8 Å². The van der Waals surface area contributed by atoms with Crippen LogP contribution in [0.5, 0.6) is 0 Å². The van der Waals surface area contributed by atoms with Crippen molar-refractivity contribution in [3.05, 3.63) is 23.0 Å². The summed E-state index contributed by atoms with van der Waals surface area (Å²) in [5.74, 6) is -0.444. The smallest absolute Gasteiger partial charge is 0.435 e. The predicted molar refractivity (Wildman–Crippen MR) is 112 cm³/mol. The van der Waals surface area contributed by atoms with E-state index in [4.69, 9.17) is 9.47 Å². The van der Waals surface area contributed by atoms with Crippen molar-refractivity contribution in [2.24, 2.45) is 0 Å². The number of thioether (sulfide) groups is 1. The van der Waals surface area contributed by atoms with E-state index in [0.717, 1.165) is 23.2 Å². The van der Waals surface area contributed by atoms with Gasteiger partial charge in [-0.25, -0.2) is 4.79 Å². The monoisotopic (exact) mass is 423 g/mol. The van der Waals surface area contributed by atoms with Gasteiger partial charge in [0.25, 0.3) is 0 Å². The van der Waals surface area contributed by atoms with Crippen molar-refractivity contribution in [3.8, 4) is 0 Å². The number of piperidine rings is 1. The Kier molecular flexibility index (Phi) is 8.04. The quantitative estimate of drug-likeness (QED) is 0.722. The first-order valence-electron chi connectivity index (χ1n) is 9.65. The number of ether oxygens (including phenoxy) is 2. The first-order chi connectivity index (χ1) is 13.6. The fourth-order valence-electron chi connectivity index (χ4n) is 2.89. The summed E-state index contributed by atoms with van der Waals surface area (Å²) in [6, 6.07) is 1.68. The van der Waals surface area contributed by atoms with Gasteiger partial charge in [-0.2, -0.15) is 9.78 Å². The molecule has 2 heterocycles. The maximum Gasteiger partial charge on any atom is 0.435 e. The van der Waals surface area contributed by atoms with Gasteiger partial charge in [0.2, 0.25) is 0 Å². The number of hydrogen-bond acceptors (Lipinski definition) is 8. The molecule has 0 bridgehead atoms. The van der Waals surface area contributed by atoms with Gasteiger partial charge in [-0.05, 0) is 58.4 Å². The molecule has 0 spiro atoms. The molecule has 0 saturated carbocycles. The van der Waals surface area contributed by atoms with Crippen LogP contribution in [0.1, 0.15) is 52.4 Å². The van der Waals surface area contributed by atoms with E-state index in [2.05, 4.69) is 10.4 Å². The molecule has 1 N–H and O–H groups in total. The molecular weight excluding hydrogens is 394 g/mol. The van der Waals surface area contributed by atoms with E-state index >= 15 is 0 Å². The summed E-state index contributed by atoms with van der Waals surface area (Å²) in [5, 5.41) is 7.76. The molecule has 0 radical (unpaired) electrons. The SMILES string of the molecule is CCOC(=O)Cc1cc(/C=C2\CNCCC2SC(C)=O)nn1C(=O)OC(C)(C)C. The van der Waals surface area contributed by atoms with Crippen LogP contribution < -0.4 is 5.32 Å². The molecule has 1 saturated heterocycles. The Balaban J connectivity index is 2.35. The third kappa shape index (κ3) is 7.32. The van der Waals surface area contributed by atoms with Crippen molar-refractivity contribution in [2.45, 2.75) is 58.3 Å². The number of nitrogens with zero attached hydrogens (tertiary/aromatic N) is 2. The Hall–Kier alpha value is -2.13.